The van der Waals surface area contributed by atoms with Gasteiger partial charge in [-0.05, 0) is 43.3 Å². The molecule has 0 bridgehead atoms. The molecule has 2 heterocycles. The maximum absolute atomic E-state index is 12.4. The van der Waals surface area contributed by atoms with Crippen LogP contribution in [-0.4, -0.2) is 45.4 Å². The minimum Gasteiger partial charge on any atom is -0.466 e. The van der Waals surface area contributed by atoms with Gasteiger partial charge in [-0.25, -0.2) is 4.79 Å². The van der Waals surface area contributed by atoms with Crippen LogP contribution >= 0.6 is 0 Å². The molecule has 0 N–H and O–H groups in total. The molecule has 2 aromatic heterocycles. The third-order valence-electron chi connectivity index (χ3n) is 5.67. The molecule has 10 heteroatoms. The van der Waals surface area contributed by atoms with Crippen LogP contribution in [0, 0.1) is 6.92 Å². The third-order valence-corrected chi connectivity index (χ3v) is 5.67. The second-order valence-corrected chi connectivity index (χ2v) is 8.71. The van der Waals surface area contributed by atoms with Crippen LogP contribution in [0.3, 0.4) is 0 Å². The van der Waals surface area contributed by atoms with Gasteiger partial charge in [0.05, 0.1) is 18.8 Å². The summed E-state index contributed by atoms with van der Waals surface area (Å²) < 4.78 is 21.1. The highest BCUT2D eigenvalue weighted by Crippen LogP contribution is 2.28. The summed E-state index contributed by atoms with van der Waals surface area (Å²) in [6.07, 6.45) is 0.412. The average Bonchev–Trinajstić information content (AvgIpc) is 3.64. The van der Waals surface area contributed by atoms with Crippen molar-refractivity contribution < 1.29 is 28.1 Å². The molecule has 5 aromatic rings. The Kier molecular flexibility index (Phi) is 7.53. The number of ether oxygens (including phenoxy) is 2. The number of aryl methyl sites for hydroxylation is 1. The molecule has 3 aromatic carbocycles. The zero-order chi connectivity index (χ0) is 27.2. The molecule has 10 nitrogen and oxygen atoms in total. The molecule has 0 spiro atoms. The van der Waals surface area contributed by atoms with Crippen LogP contribution in [-0.2, 0) is 14.3 Å². The summed E-state index contributed by atoms with van der Waals surface area (Å²) in [5.41, 5.74) is 4.29. The Morgan fingerprint density at radius 2 is 1.28 bits per heavy atom. The first-order valence-corrected chi connectivity index (χ1v) is 12.2. The van der Waals surface area contributed by atoms with Crippen molar-refractivity contribution >= 4 is 11.9 Å². The molecule has 0 saturated carbocycles. The molecular formula is C29H24N4O6. The smallest absolute Gasteiger partial charge is 0.338 e. The zero-order valence-electron chi connectivity index (χ0n) is 21.3. The lowest BCUT2D eigenvalue weighted by molar-refractivity contribution is -0.141. The molecule has 0 amide bonds. The Morgan fingerprint density at radius 3 is 1.92 bits per heavy atom. The number of hydrogen-bond acceptors (Lipinski definition) is 10. The minimum atomic E-state index is -0.499. The topological polar surface area (TPSA) is 130 Å². The summed E-state index contributed by atoms with van der Waals surface area (Å²) >= 11 is 0. The normalized spacial score (nSPS) is 10.8. The quantitative estimate of drug-likeness (QED) is 0.179. The van der Waals surface area contributed by atoms with Crippen molar-refractivity contribution in [3.63, 3.8) is 0 Å². The largest absolute Gasteiger partial charge is 0.466 e. The van der Waals surface area contributed by atoms with E-state index in [4.69, 9.17) is 18.5 Å². The molecule has 0 saturated heterocycles. The number of carbonyl (C=O) groups is 2. The molecule has 196 valence electrons. The number of carbonyl (C=O) groups excluding carboxylic acids is 2. The lowest BCUT2D eigenvalue weighted by Crippen LogP contribution is -2.09. The molecule has 0 radical (unpaired) electrons. The van der Waals surface area contributed by atoms with Crippen molar-refractivity contribution in [1.82, 2.24) is 20.3 Å². The van der Waals surface area contributed by atoms with Crippen LogP contribution in [0.4, 0.5) is 0 Å². The van der Waals surface area contributed by atoms with E-state index in [1.807, 2.05) is 55.5 Å². The second kappa shape index (κ2) is 11.5. The standard InChI is InChI=1S/C29H24N4O6/c1-18-7-3-8-20(15-18)25-30-27(38-32-25)22-10-5-11-23(17-22)28-31-26(33-39-28)21-9-4-12-24(16-21)29(35)37-14-6-13-36-19(2)34/h3-5,7-12,15-17H,6,13-14H2,1-2H3. The lowest BCUT2D eigenvalue weighted by atomic mass is 10.1. The van der Waals surface area contributed by atoms with Crippen molar-refractivity contribution in [2.24, 2.45) is 0 Å². The summed E-state index contributed by atoms with van der Waals surface area (Å²) in [6, 6.07) is 22.0. The summed E-state index contributed by atoms with van der Waals surface area (Å²) in [4.78, 5) is 32.3. The van der Waals surface area contributed by atoms with E-state index >= 15 is 0 Å². The predicted octanol–water partition coefficient (Wildman–Crippen LogP) is 5.54. The van der Waals surface area contributed by atoms with E-state index < -0.39 is 5.97 Å². The minimum absolute atomic E-state index is 0.131. The van der Waals surface area contributed by atoms with Gasteiger partial charge in [0.1, 0.15) is 0 Å². The third kappa shape index (κ3) is 6.24. The van der Waals surface area contributed by atoms with Gasteiger partial charge in [0, 0.05) is 35.6 Å². The van der Waals surface area contributed by atoms with Crippen LogP contribution in [0.15, 0.2) is 81.8 Å². The Balaban J connectivity index is 1.29. The van der Waals surface area contributed by atoms with Crippen molar-refractivity contribution in [3.8, 4) is 45.7 Å². The number of hydrogen-bond donors (Lipinski definition) is 0. The van der Waals surface area contributed by atoms with E-state index in [1.165, 1.54) is 6.92 Å². The number of rotatable bonds is 9. The van der Waals surface area contributed by atoms with Crippen molar-refractivity contribution in [2.75, 3.05) is 13.2 Å². The number of aromatic nitrogens is 4. The number of benzene rings is 3. The van der Waals surface area contributed by atoms with E-state index in [9.17, 15) is 9.59 Å². The second-order valence-electron chi connectivity index (χ2n) is 8.71. The fraction of sp³-hybridized carbons (Fsp3) is 0.172. The van der Waals surface area contributed by atoms with Gasteiger partial charge in [-0.1, -0.05) is 52.3 Å². The highest BCUT2D eigenvalue weighted by atomic mass is 16.5. The molecule has 5 rings (SSSR count). The van der Waals surface area contributed by atoms with Gasteiger partial charge in [-0.3, -0.25) is 4.79 Å². The first-order chi connectivity index (χ1) is 19.0. The fourth-order valence-electron chi connectivity index (χ4n) is 3.79. The molecule has 0 fully saturated rings. The highest BCUT2D eigenvalue weighted by molar-refractivity contribution is 5.90. The summed E-state index contributed by atoms with van der Waals surface area (Å²) in [5, 5.41) is 8.19. The van der Waals surface area contributed by atoms with Gasteiger partial charge in [-0.15, -0.1) is 0 Å². The van der Waals surface area contributed by atoms with Gasteiger partial charge in [0.2, 0.25) is 11.6 Å². The summed E-state index contributed by atoms with van der Waals surface area (Å²) in [6.45, 7) is 3.65. The Hall–Kier alpha value is -5.12. The summed E-state index contributed by atoms with van der Waals surface area (Å²) in [7, 11) is 0. The van der Waals surface area contributed by atoms with Gasteiger partial charge in [-0.2, -0.15) is 9.97 Å². The average molecular weight is 525 g/mol. The Bertz CT molecular complexity index is 1620. The first-order valence-electron chi connectivity index (χ1n) is 12.2. The molecule has 39 heavy (non-hydrogen) atoms. The highest BCUT2D eigenvalue weighted by Gasteiger charge is 2.16. The molecule has 0 aliphatic carbocycles. The van der Waals surface area contributed by atoms with E-state index in [2.05, 4.69) is 20.3 Å². The fourth-order valence-corrected chi connectivity index (χ4v) is 3.79. The van der Waals surface area contributed by atoms with Gasteiger partial charge >= 0.3 is 11.9 Å². The van der Waals surface area contributed by atoms with Gasteiger partial charge in [0.25, 0.3) is 11.8 Å². The number of esters is 2. The predicted molar refractivity (Wildman–Crippen MR) is 140 cm³/mol. The van der Waals surface area contributed by atoms with Crippen LogP contribution in [0.2, 0.25) is 0 Å². The zero-order valence-corrected chi connectivity index (χ0v) is 21.3. The van der Waals surface area contributed by atoms with Gasteiger partial charge in [0.15, 0.2) is 0 Å². The van der Waals surface area contributed by atoms with E-state index in [-0.39, 0.29) is 19.2 Å². The Morgan fingerprint density at radius 1 is 0.718 bits per heavy atom. The first kappa shape index (κ1) is 25.5. The van der Waals surface area contributed by atoms with Crippen molar-refractivity contribution in [2.45, 2.75) is 20.3 Å². The van der Waals surface area contributed by atoms with E-state index in [1.54, 1.807) is 24.3 Å². The van der Waals surface area contributed by atoms with Crippen molar-refractivity contribution in [3.05, 3.63) is 83.9 Å². The SMILES string of the molecule is CC(=O)OCCCOC(=O)c1cccc(-c2noc(-c3cccc(-c4nc(-c5cccc(C)c5)no4)c3)n2)c1. The van der Waals surface area contributed by atoms with Crippen LogP contribution in [0.25, 0.3) is 45.7 Å². The molecule has 0 aliphatic heterocycles. The monoisotopic (exact) mass is 524 g/mol. The van der Waals surface area contributed by atoms with E-state index in [0.29, 0.717) is 52.1 Å². The lowest BCUT2D eigenvalue weighted by Gasteiger charge is -2.05. The molecule has 0 unspecified atom stereocenters. The van der Waals surface area contributed by atoms with Gasteiger partial charge < -0.3 is 18.5 Å². The maximum atomic E-state index is 12.4. The van der Waals surface area contributed by atoms with Crippen molar-refractivity contribution in [1.29, 1.82) is 0 Å². The summed E-state index contributed by atoms with van der Waals surface area (Å²) in [5.74, 6) is 0.611. The molecular weight excluding hydrogens is 500 g/mol. The number of nitrogens with zero attached hydrogens (tertiary/aromatic N) is 4. The molecule has 0 atom stereocenters. The van der Waals surface area contributed by atoms with E-state index in [0.717, 1.165) is 11.1 Å². The Labute approximate surface area is 223 Å². The maximum Gasteiger partial charge on any atom is 0.338 e. The van der Waals surface area contributed by atoms with Crippen LogP contribution in [0.5, 0.6) is 0 Å². The molecule has 0 aliphatic rings. The van der Waals surface area contributed by atoms with Crippen LogP contribution < -0.4 is 0 Å². The van der Waals surface area contributed by atoms with Crippen LogP contribution in [0.1, 0.15) is 29.3 Å².